The molecule has 0 bridgehead atoms. The fourth-order valence-electron chi connectivity index (χ4n) is 0.572. The highest BCUT2D eigenvalue weighted by molar-refractivity contribution is 7.10. The van der Waals surface area contributed by atoms with Gasteiger partial charge in [0.15, 0.2) is 0 Å². The first kappa shape index (κ1) is 6.51. The smallest absolute Gasteiger partial charge is 0.138 e. The normalized spacial score (nSPS) is 9.89. The van der Waals surface area contributed by atoms with Crippen molar-refractivity contribution in [2.24, 2.45) is 0 Å². The molecule has 1 aromatic heterocycles. The minimum absolute atomic E-state index is 0.648. The van der Waals surface area contributed by atoms with Crippen molar-refractivity contribution in [1.29, 1.82) is 0 Å². The molecule has 1 heterocycles. The van der Waals surface area contributed by atoms with Crippen LogP contribution in [0.3, 0.4) is 0 Å². The van der Waals surface area contributed by atoms with Gasteiger partial charge in [0, 0.05) is 6.54 Å². The van der Waals surface area contributed by atoms with Crippen molar-refractivity contribution in [3.63, 3.8) is 0 Å². The standard InChI is InChI=1S/C5H9N3S/c1-7-2-4-5(6)8-3-9-4/h3,7H,2,6H2,1H3. The van der Waals surface area contributed by atoms with Gasteiger partial charge in [0.05, 0.1) is 10.4 Å². The summed E-state index contributed by atoms with van der Waals surface area (Å²) in [7, 11) is 1.89. The number of rotatable bonds is 2. The summed E-state index contributed by atoms with van der Waals surface area (Å²) in [6, 6.07) is 0. The van der Waals surface area contributed by atoms with Gasteiger partial charge in [0.1, 0.15) is 5.82 Å². The second-order valence-corrected chi connectivity index (χ2v) is 2.63. The van der Waals surface area contributed by atoms with Crippen LogP contribution in [0.4, 0.5) is 5.82 Å². The summed E-state index contributed by atoms with van der Waals surface area (Å²) >= 11 is 1.58. The van der Waals surface area contributed by atoms with E-state index in [1.807, 2.05) is 7.05 Å². The number of nitrogen functional groups attached to an aromatic ring is 1. The van der Waals surface area contributed by atoms with Gasteiger partial charge in [-0.15, -0.1) is 11.3 Å². The largest absolute Gasteiger partial charge is 0.383 e. The molecule has 0 aromatic carbocycles. The Morgan fingerprint density at radius 2 is 2.67 bits per heavy atom. The van der Waals surface area contributed by atoms with Crippen LogP contribution in [0, 0.1) is 0 Å². The molecule has 0 aliphatic heterocycles. The molecule has 0 atom stereocenters. The van der Waals surface area contributed by atoms with Gasteiger partial charge in [0.25, 0.3) is 0 Å². The molecule has 9 heavy (non-hydrogen) atoms. The van der Waals surface area contributed by atoms with E-state index in [0.29, 0.717) is 5.82 Å². The Kier molecular flexibility index (Phi) is 2.02. The number of aromatic nitrogens is 1. The van der Waals surface area contributed by atoms with Crippen molar-refractivity contribution >= 4 is 17.2 Å². The Balaban J connectivity index is 2.69. The van der Waals surface area contributed by atoms with E-state index in [4.69, 9.17) is 5.73 Å². The van der Waals surface area contributed by atoms with Crippen LogP contribution >= 0.6 is 11.3 Å². The molecule has 4 heteroatoms. The lowest BCUT2D eigenvalue weighted by Gasteiger charge is -1.92. The highest BCUT2D eigenvalue weighted by Gasteiger charge is 1.97. The first-order chi connectivity index (χ1) is 4.34. The Labute approximate surface area is 57.9 Å². The molecule has 50 valence electrons. The predicted octanol–water partition coefficient (Wildman–Crippen LogP) is 0.445. The van der Waals surface area contributed by atoms with Gasteiger partial charge in [-0.2, -0.15) is 0 Å². The van der Waals surface area contributed by atoms with Gasteiger partial charge in [0.2, 0.25) is 0 Å². The minimum Gasteiger partial charge on any atom is -0.383 e. The zero-order valence-electron chi connectivity index (χ0n) is 5.22. The first-order valence-electron chi connectivity index (χ1n) is 2.67. The summed E-state index contributed by atoms with van der Waals surface area (Å²) in [4.78, 5) is 5.00. The van der Waals surface area contributed by atoms with Gasteiger partial charge in [-0.05, 0) is 7.05 Å². The van der Waals surface area contributed by atoms with Gasteiger partial charge in [-0.3, -0.25) is 0 Å². The molecule has 0 spiro atoms. The number of nitrogens with zero attached hydrogens (tertiary/aromatic N) is 1. The number of anilines is 1. The summed E-state index contributed by atoms with van der Waals surface area (Å²) in [5.74, 6) is 0.648. The van der Waals surface area contributed by atoms with Gasteiger partial charge in [-0.25, -0.2) is 4.98 Å². The molecule has 0 fully saturated rings. The van der Waals surface area contributed by atoms with Crippen molar-refractivity contribution in [3.05, 3.63) is 10.4 Å². The Bertz CT molecular complexity index is 184. The van der Waals surface area contributed by atoms with Crippen molar-refractivity contribution in [3.8, 4) is 0 Å². The molecular weight excluding hydrogens is 134 g/mol. The van der Waals surface area contributed by atoms with E-state index < -0.39 is 0 Å². The Hall–Kier alpha value is -0.610. The van der Waals surface area contributed by atoms with Gasteiger partial charge < -0.3 is 11.1 Å². The average molecular weight is 143 g/mol. The second-order valence-electron chi connectivity index (χ2n) is 1.69. The van der Waals surface area contributed by atoms with Crippen LogP contribution in [0.2, 0.25) is 0 Å². The summed E-state index contributed by atoms with van der Waals surface area (Å²) in [6.07, 6.45) is 0. The van der Waals surface area contributed by atoms with E-state index in [0.717, 1.165) is 11.4 Å². The SMILES string of the molecule is CNCc1scnc1N. The topological polar surface area (TPSA) is 50.9 Å². The van der Waals surface area contributed by atoms with Crippen LogP contribution in [-0.4, -0.2) is 12.0 Å². The van der Waals surface area contributed by atoms with Gasteiger partial charge in [-0.1, -0.05) is 0 Å². The maximum Gasteiger partial charge on any atom is 0.138 e. The number of hydrogen-bond donors (Lipinski definition) is 2. The maximum atomic E-state index is 5.49. The number of thiazole rings is 1. The van der Waals surface area contributed by atoms with Crippen molar-refractivity contribution in [1.82, 2.24) is 10.3 Å². The molecule has 0 amide bonds. The van der Waals surface area contributed by atoms with Crippen LogP contribution in [0.15, 0.2) is 5.51 Å². The van der Waals surface area contributed by atoms with E-state index in [1.54, 1.807) is 16.8 Å². The number of nitrogens with two attached hydrogens (primary N) is 1. The second kappa shape index (κ2) is 2.80. The molecule has 0 saturated heterocycles. The summed E-state index contributed by atoms with van der Waals surface area (Å²) in [6.45, 7) is 0.816. The third kappa shape index (κ3) is 1.40. The monoisotopic (exact) mass is 143 g/mol. The summed E-state index contributed by atoms with van der Waals surface area (Å²) < 4.78 is 0. The Morgan fingerprint density at radius 3 is 3.11 bits per heavy atom. The van der Waals surface area contributed by atoms with Crippen molar-refractivity contribution in [2.75, 3.05) is 12.8 Å². The zero-order chi connectivity index (χ0) is 6.69. The van der Waals surface area contributed by atoms with E-state index in [1.165, 1.54) is 0 Å². The summed E-state index contributed by atoms with van der Waals surface area (Å²) in [5, 5.41) is 3.00. The Morgan fingerprint density at radius 1 is 1.89 bits per heavy atom. The molecule has 0 unspecified atom stereocenters. The molecule has 1 aromatic rings. The molecular formula is C5H9N3S. The number of hydrogen-bond acceptors (Lipinski definition) is 4. The average Bonchev–Trinajstić information content (AvgIpc) is 2.18. The van der Waals surface area contributed by atoms with E-state index in [9.17, 15) is 0 Å². The molecule has 0 aliphatic rings. The summed E-state index contributed by atoms with van der Waals surface area (Å²) in [5.41, 5.74) is 7.24. The molecule has 1 rings (SSSR count). The molecule has 0 saturated carbocycles. The van der Waals surface area contributed by atoms with Crippen LogP contribution < -0.4 is 11.1 Å². The fraction of sp³-hybridized carbons (Fsp3) is 0.400. The third-order valence-electron chi connectivity index (χ3n) is 1.01. The molecule has 3 nitrogen and oxygen atoms in total. The molecule has 0 aliphatic carbocycles. The minimum atomic E-state index is 0.648. The maximum absolute atomic E-state index is 5.49. The van der Waals surface area contributed by atoms with E-state index in [-0.39, 0.29) is 0 Å². The first-order valence-corrected chi connectivity index (χ1v) is 3.55. The van der Waals surface area contributed by atoms with Crippen LogP contribution in [0.5, 0.6) is 0 Å². The predicted molar refractivity (Wildman–Crippen MR) is 39.3 cm³/mol. The lowest BCUT2D eigenvalue weighted by molar-refractivity contribution is 0.831. The van der Waals surface area contributed by atoms with E-state index >= 15 is 0 Å². The van der Waals surface area contributed by atoms with E-state index in [2.05, 4.69) is 10.3 Å². The van der Waals surface area contributed by atoms with Gasteiger partial charge >= 0.3 is 0 Å². The third-order valence-corrected chi connectivity index (χ3v) is 1.86. The molecule has 0 radical (unpaired) electrons. The number of nitrogens with one attached hydrogen (secondary N) is 1. The highest BCUT2D eigenvalue weighted by Crippen LogP contribution is 2.13. The lowest BCUT2D eigenvalue weighted by Crippen LogP contribution is -2.05. The quantitative estimate of drug-likeness (QED) is 0.631. The molecule has 3 N–H and O–H groups in total. The highest BCUT2D eigenvalue weighted by atomic mass is 32.1. The van der Waals surface area contributed by atoms with Crippen LogP contribution in [0.1, 0.15) is 4.88 Å². The van der Waals surface area contributed by atoms with Crippen LogP contribution in [-0.2, 0) is 6.54 Å². The van der Waals surface area contributed by atoms with Crippen molar-refractivity contribution < 1.29 is 0 Å². The van der Waals surface area contributed by atoms with Crippen molar-refractivity contribution in [2.45, 2.75) is 6.54 Å². The van der Waals surface area contributed by atoms with Crippen LogP contribution in [0.25, 0.3) is 0 Å². The fourth-order valence-corrected chi connectivity index (χ4v) is 1.27. The lowest BCUT2D eigenvalue weighted by atomic mass is 10.5. The zero-order valence-corrected chi connectivity index (χ0v) is 6.03.